The minimum Gasteiger partial charge on any atom is -0.399 e. The van der Waals surface area contributed by atoms with Gasteiger partial charge in [-0.15, -0.1) is 12.4 Å². The molecule has 4 N–H and O–H groups in total. The average molecular weight is 287 g/mol. The lowest BCUT2D eigenvalue weighted by atomic mass is 10.0. The number of nitrogen functional groups attached to an aromatic ring is 1. The summed E-state index contributed by atoms with van der Waals surface area (Å²) in [6.07, 6.45) is 0.730. The van der Waals surface area contributed by atoms with Gasteiger partial charge in [-0.25, -0.2) is 0 Å². The number of hydrogen-bond donors (Lipinski definition) is 3. The molecule has 108 valence electrons. The molecule has 0 heterocycles. The predicted molar refractivity (Wildman–Crippen MR) is 80.3 cm³/mol. The maximum atomic E-state index is 11.7. The third kappa shape index (κ3) is 6.45. The quantitative estimate of drug-likeness (QED) is 0.698. The number of amides is 1. The fraction of sp³-hybridized carbons (Fsp3) is 0.500. The van der Waals surface area contributed by atoms with Crippen LogP contribution in [0.25, 0.3) is 0 Å². The summed E-state index contributed by atoms with van der Waals surface area (Å²) in [5.74, 6) is 0.115. The van der Waals surface area contributed by atoms with Gasteiger partial charge in [0, 0.05) is 12.2 Å². The molecule has 0 radical (unpaired) electrons. The van der Waals surface area contributed by atoms with Crippen molar-refractivity contribution in [2.24, 2.45) is 5.92 Å². The Labute approximate surface area is 120 Å². The van der Waals surface area contributed by atoms with Crippen molar-refractivity contribution in [1.29, 1.82) is 0 Å². The van der Waals surface area contributed by atoms with Crippen LogP contribution in [-0.2, 0) is 11.2 Å². The molecule has 0 aliphatic carbocycles. The molecule has 0 saturated carbocycles. The Balaban J connectivity index is 0.00000324. The zero-order chi connectivity index (χ0) is 13.5. The third-order valence-electron chi connectivity index (χ3n) is 3.15. The molecule has 0 bridgehead atoms. The van der Waals surface area contributed by atoms with E-state index in [9.17, 15) is 9.90 Å². The molecule has 0 fully saturated rings. The van der Waals surface area contributed by atoms with Gasteiger partial charge in [0.25, 0.3) is 0 Å². The van der Waals surface area contributed by atoms with Crippen LogP contribution in [0.15, 0.2) is 24.3 Å². The zero-order valence-corrected chi connectivity index (χ0v) is 12.2. The van der Waals surface area contributed by atoms with Crippen LogP contribution < -0.4 is 11.1 Å². The number of nitrogens with two attached hydrogens (primary N) is 1. The van der Waals surface area contributed by atoms with Crippen LogP contribution in [-0.4, -0.2) is 23.7 Å². The van der Waals surface area contributed by atoms with E-state index in [0.29, 0.717) is 18.7 Å². The summed E-state index contributed by atoms with van der Waals surface area (Å²) in [4.78, 5) is 11.7. The van der Waals surface area contributed by atoms with Crippen molar-refractivity contribution in [3.8, 4) is 0 Å². The van der Waals surface area contributed by atoms with Crippen LogP contribution in [0.3, 0.4) is 0 Å². The van der Waals surface area contributed by atoms with Crippen molar-refractivity contribution in [1.82, 2.24) is 5.32 Å². The fourth-order valence-electron chi connectivity index (χ4n) is 1.58. The Morgan fingerprint density at radius 3 is 2.47 bits per heavy atom. The summed E-state index contributed by atoms with van der Waals surface area (Å²) >= 11 is 0. The Hall–Kier alpha value is -1.26. The molecule has 1 amide bonds. The highest BCUT2D eigenvalue weighted by Crippen LogP contribution is 2.07. The molecule has 0 aliphatic rings. The first kappa shape index (κ1) is 17.7. The number of anilines is 1. The van der Waals surface area contributed by atoms with Gasteiger partial charge in [0.05, 0.1) is 12.5 Å². The van der Waals surface area contributed by atoms with Crippen LogP contribution >= 0.6 is 12.4 Å². The van der Waals surface area contributed by atoms with E-state index >= 15 is 0 Å². The molecule has 0 aromatic heterocycles. The third-order valence-corrected chi connectivity index (χ3v) is 3.15. The van der Waals surface area contributed by atoms with Crippen molar-refractivity contribution in [3.05, 3.63) is 29.8 Å². The monoisotopic (exact) mass is 286 g/mol. The van der Waals surface area contributed by atoms with Gasteiger partial charge in [-0.05, 0) is 23.6 Å². The van der Waals surface area contributed by atoms with E-state index in [1.807, 2.05) is 26.0 Å². The van der Waals surface area contributed by atoms with Gasteiger partial charge in [0.2, 0.25) is 5.91 Å². The van der Waals surface area contributed by atoms with Crippen LogP contribution in [0.1, 0.15) is 25.8 Å². The minimum absolute atomic E-state index is 0. The normalized spacial score (nSPS) is 13.2. The number of aliphatic hydroxyl groups excluding tert-OH is 1. The largest absolute Gasteiger partial charge is 0.399 e. The number of hydrogen-bond acceptors (Lipinski definition) is 3. The highest BCUT2D eigenvalue weighted by molar-refractivity contribution is 5.85. The predicted octanol–water partition coefficient (Wildman–Crippen LogP) is 1.76. The number of benzene rings is 1. The Kier molecular flexibility index (Phi) is 8.19. The number of rotatable bonds is 6. The molecule has 0 aliphatic heterocycles. The fourth-order valence-corrected chi connectivity index (χ4v) is 1.58. The SMILES string of the molecule is CCC(C)C(O)CNC(=O)Cc1ccc(N)cc1.Cl. The summed E-state index contributed by atoms with van der Waals surface area (Å²) < 4.78 is 0. The van der Waals surface area contributed by atoms with Crippen LogP contribution in [0.2, 0.25) is 0 Å². The summed E-state index contributed by atoms with van der Waals surface area (Å²) in [5.41, 5.74) is 7.17. The van der Waals surface area contributed by atoms with Crippen molar-refractivity contribution < 1.29 is 9.90 Å². The molecule has 4 nitrogen and oxygen atoms in total. The maximum absolute atomic E-state index is 11.7. The van der Waals surface area contributed by atoms with E-state index in [0.717, 1.165) is 12.0 Å². The van der Waals surface area contributed by atoms with E-state index in [4.69, 9.17) is 5.73 Å². The Morgan fingerprint density at radius 1 is 1.37 bits per heavy atom. The van der Waals surface area contributed by atoms with E-state index in [1.54, 1.807) is 12.1 Å². The van der Waals surface area contributed by atoms with Crippen molar-refractivity contribution in [2.75, 3.05) is 12.3 Å². The van der Waals surface area contributed by atoms with E-state index < -0.39 is 6.10 Å². The number of carbonyl (C=O) groups excluding carboxylic acids is 1. The van der Waals surface area contributed by atoms with Gasteiger partial charge in [0.1, 0.15) is 0 Å². The second-order valence-electron chi connectivity index (χ2n) is 4.68. The van der Waals surface area contributed by atoms with Gasteiger partial charge < -0.3 is 16.2 Å². The van der Waals surface area contributed by atoms with E-state index in [1.165, 1.54) is 0 Å². The number of halogens is 1. The first-order valence-electron chi connectivity index (χ1n) is 6.32. The zero-order valence-electron chi connectivity index (χ0n) is 11.4. The number of aliphatic hydroxyl groups is 1. The van der Waals surface area contributed by atoms with Gasteiger partial charge in [-0.3, -0.25) is 4.79 Å². The summed E-state index contributed by atoms with van der Waals surface area (Å²) in [5, 5.41) is 12.5. The molecule has 5 heteroatoms. The van der Waals surface area contributed by atoms with Crippen molar-refractivity contribution >= 4 is 24.0 Å². The molecule has 0 saturated heterocycles. The molecule has 19 heavy (non-hydrogen) atoms. The second kappa shape index (κ2) is 8.77. The molecule has 2 atom stereocenters. The molecule has 1 aromatic carbocycles. The van der Waals surface area contributed by atoms with Gasteiger partial charge in [0.15, 0.2) is 0 Å². The van der Waals surface area contributed by atoms with Crippen molar-refractivity contribution in [3.63, 3.8) is 0 Å². The highest BCUT2D eigenvalue weighted by atomic mass is 35.5. The Morgan fingerprint density at radius 2 is 1.95 bits per heavy atom. The molecular formula is C14H23ClN2O2. The first-order chi connectivity index (χ1) is 8.52. The lowest BCUT2D eigenvalue weighted by molar-refractivity contribution is -0.121. The van der Waals surface area contributed by atoms with Gasteiger partial charge in [-0.2, -0.15) is 0 Å². The minimum atomic E-state index is -0.481. The standard InChI is InChI=1S/C14H22N2O2.ClH/c1-3-10(2)13(17)9-16-14(18)8-11-4-6-12(15)7-5-11;/h4-7,10,13,17H,3,8-9,15H2,1-2H3,(H,16,18);1H. The van der Waals surface area contributed by atoms with Crippen LogP contribution in [0.4, 0.5) is 5.69 Å². The Bertz CT molecular complexity index is 382. The first-order valence-corrected chi connectivity index (χ1v) is 6.32. The lowest BCUT2D eigenvalue weighted by Gasteiger charge is -2.17. The summed E-state index contributed by atoms with van der Waals surface area (Å²) in [6.45, 7) is 4.30. The van der Waals surface area contributed by atoms with Crippen LogP contribution in [0.5, 0.6) is 0 Å². The second-order valence-corrected chi connectivity index (χ2v) is 4.68. The van der Waals surface area contributed by atoms with E-state index in [2.05, 4.69) is 5.32 Å². The average Bonchev–Trinajstić information content (AvgIpc) is 2.37. The highest BCUT2D eigenvalue weighted by Gasteiger charge is 2.13. The van der Waals surface area contributed by atoms with Gasteiger partial charge in [-0.1, -0.05) is 32.4 Å². The molecular weight excluding hydrogens is 264 g/mol. The summed E-state index contributed by atoms with van der Waals surface area (Å²) in [7, 11) is 0. The molecule has 1 rings (SSSR count). The summed E-state index contributed by atoms with van der Waals surface area (Å²) in [6, 6.07) is 7.22. The molecule has 2 unspecified atom stereocenters. The topological polar surface area (TPSA) is 75.3 Å². The van der Waals surface area contributed by atoms with Gasteiger partial charge >= 0.3 is 0 Å². The number of carbonyl (C=O) groups is 1. The lowest BCUT2D eigenvalue weighted by Crippen LogP contribution is -2.36. The van der Waals surface area contributed by atoms with Crippen molar-refractivity contribution in [2.45, 2.75) is 32.8 Å². The van der Waals surface area contributed by atoms with Crippen LogP contribution in [0, 0.1) is 5.92 Å². The smallest absolute Gasteiger partial charge is 0.224 e. The molecule has 0 spiro atoms. The maximum Gasteiger partial charge on any atom is 0.224 e. The van der Waals surface area contributed by atoms with E-state index in [-0.39, 0.29) is 24.2 Å². The molecule has 1 aromatic rings. The number of nitrogens with one attached hydrogen (secondary N) is 1.